The van der Waals surface area contributed by atoms with Crippen LogP contribution < -0.4 is 16.0 Å². The molecule has 3 N–H and O–H groups in total. The fourth-order valence-corrected chi connectivity index (χ4v) is 5.57. The molecule has 1 saturated carbocycles. The Kier molecular flexibility index (Phi) is 10.9. The Morgan fingerprint density at radius 1 is 0.921 bits per heavy atom. The van der Waals surface area contributed by atoms with E-state index in [4.69, 9.17) is 14.2 Å². The summed E-state index contributed by atoms with van der Waals surface area (Å²) < 4.78 is 16.8. The summed E-state index contributed by atoms with van der Waals surface area (Å²) in [7, 11) is 0. The number of rotatable bonds is 11. The third kappa shape index (κ3) is 7.45. The molecule has 3 rings (SSSR count). The number of hydrogen-bond acceptors (Lipinski definition) is 7. The van der Waals surface area contributed by atoms with Crippen LogP contribution in [0.25, 0.3) is 0 Å². The van der Waals surface area contributed by atoms with Crippen molar-refractivity contribution >= 4 is 23.6 Å². The van der Waals surface area contributed by atoms with Gasteiger partial charge in [0.25, 0.3) is 5.91 Å². The van der Waals surface area contributed by atoms with E-state index < -0.39 is 41.0 Å². The van der Waals surface area contributed by atoms with Gasteiger partial charge in [0.05, 0.1) is 38.5 Å². The van der Waals surface area contributed by atoms with Crippen molar-refractivity contribution in [1.29, 1.82) is 0 Å². The van der Waals surface area contributed by atoms with Crippen molar-refractivity contribution in [1.82, 2.24) is 20.9 Å². The molecule has 38 heavy (non-hydrogen) atoms. The van der Waals surface area contributed by atoms with Crippen molar-refractivity contribution in [3.05, 3.63) is 0 Å². The summed E-state index contributed by atoms with van der Waals surface area (Å²) in [5, 5.41) is 8.67. The Balaban J connectivity index is 1.73. The zero-order valence-corrected chi connectivity index (χ0v) is 23.4. The van der Waals surface area contributed by atoms with E-state index in [9.17, 15) is 19.2 Å². The molecule has 1 aliphatic carbocycles. The molecule has 2 heterocycles. The molecule has 2 saturated heterocycles. The van der Waals surface area contributed by atoms with E-state index in [2.05, 4.69) is 16.0 Å². The lowest BCUT2D eigenvalue weighted by Crippen LogP contribution is -2.65. The van der Waals surface area contributed by atoms with Gasteiger partial charge in [0, 0.05) is 13.1 Å². The Labute approximate surface area is 226 Å². The van der Waals surface area contributed by atoms with Crippen molar-refractivity contribution in [2.75, 3.05) is 39.5 Å². The summed E-state index contributed by atoms with van der Waals surface area (Å²) in [5.74, 6) is -2.97. The Hall–Kier alpha value is -2.24. The second kappa shape index (κ2) is 13.7. The van der Waals surface area contributed by atoms with Gasteiger partial charge in [0.1, 0.15) is 5.54 Å². The third-order valence-electron chi connectivity index (χ3n) is 7.86. The minimum Gasteiger partial charge on any atom is -0.378 e. The number of unbranched alkanes of at least 4 members (excludes halogenated alkanes) is 1. The van der Waals surface area contributed by atoms with Crippen LogP contribution >= 0.6 is 0 Å². The Bertz CT molecular complexity index is 831. The molecule has 2 atom stereocenters. The molecule has 0 spiro atoms. The molecule has 0 bridgehead atoms. The molecule has 0 aromatic carbocycles. The monoisotopic (exact) mass is 538 g/mol. The molecule has 11 heteroatoms. The van der Waals surface area contributed by atoms with Gasteiger partial charge >= 0.3 is 6.03 Å². The first-order chi connectivity index (χ1) is 18.1. The first-order valence-corrected chi connectivity index (χ1v) is 14.2. The van der Waals surface area contributed by atoms with E-state index in [0.29, 0.717) is 65.2 Å². The van der Waals surface area contributed by atoms with Crippen molar-refractivity contribution in [2.45, 2.75) is 102 Å². The van der Waals surface area contributed by atoms with Crippen LogP contribution in [-0.4, -0.2) is 91.5 Å². The largest absolute Gasteiger partial charge is 0.378 e. The number of carbonyl (C=O) groups is 4. The van der Waals surface area contributed by atoms with Crippen LogP contribution in [0.4, 0.5) is 4.79 Å². The van der Waals surface area contributed by atoms with Crippen molar-refractivity contribution in [2.24, 2.45) is 5.92 Å². The lowest BCUT2D eigenvalue weighted by molar-refractivity contribution is -0.176. The van der Waals surface area contributed by atoms with Gasteiger partial charge in [-0.2, -0.15) is 0 Å². The molecule has 3 fully saturated rings. The van der Waals surface area contributed by atoms with E-state index in [-0.39, 0.29) is 11.9 Å². The first-order valence-electron chi connectivity index (χ1n) is 14.2. The van der Waals surface area contributed by atoms with E-state index in [1.807, 2.05) is 20.8 Å². The van der Waals surface area contributed by atoms with Crippen LogP contribution in [0.3, 0.4) is 0 Å². The Morgan fingerprint density at radius 2 is 1.55 bits per heavy atom. The maximum Gasteiger partial charge on any atom is 0.318 e. The van der Waals surface area contributed by atoms with Crippen molar-refractivity contribution < 1.29 is 33.4 Å². The van der Waals surface area contributed by atoms with Gasteiger partial charge in [-0.05, 0) is 32.1 Å². The van der Waals surface area contributed by atoms with Crippen LogP contribution in [0.2, 0.25) is 0 Å². The average molecular weight is 539 g/mol. The van der Waals surface area contributed by atoms with E-state index >= 15 is 0 Å². The number of Topliss-reactive ketones (excluding diaryl/α,β-unsaturated/α-hetero) is 1. The summed E-state index contributed by atoms with van der Waals surface area (Å²) in [6.07, 6.45) is 5.32. The second-order valence-electron chi connectivity index (χ2n) is 11.1. The predicted molar refractivity (Wildman–Crippen MR) is 140 cm³/mol. The molecule has 0 radical (unpaired) electrons. The molecule has 3 aliphatic rings. The van der Waals surface area contributed by atoms with Crippen LogP contribution in [0, 0.1) is 5.92 Å². The number of carbonyl (C=O) groups excluding carboxylic acids is 4. The highest BCUT2D eigenvalue weighted by molar-refractivity contribution is 6.38. The summed E-state index contributed by atoms with van der Waals surface area (Å²) in [4.78, 5) is 55.0. The van der Waals surface area contributed by atoms with Gasteiger partial charge in [-0.25, -0.2) is 4.79 Å². The van der Waals surface area contributed by atoms with Crippen molar-refractivity contribution in [3.63, 3.8) is 0 Å². The molecule has 11 nitrogen and oxygen atoms in total. The summed E-state index contributed by atoms with van der Waals surface area (Å²) in [5.41, 5.74) is -1.12. The smallest absolute Gasteiger partial charge is 0.318 e. The normalized spacial score (nSPS) is 22.4. The number of morpholine rings is 1. The molecule has 4 amide bonds. The molecular formula is C27H46N4O7. The highest BCUT2D eigenvalue weighted by Gasteiger charge is 2.46. The van der Waals surface area contributed by atoms with Gasteiger partial charge in [0.2, 0.25) is 11.7 Å². The lowest BCUT2D eigenvalue weighted by atomic mass is 9.80. The van der Waals surface area contributed by atoms with Crippen LogP contribution in [0.15, 0.2) is 0 Å². The summed E-state index contributed by atoms with van der Waals surface area (Å²) >= 11 is 0. The number of nitrogens with one attached hydrogen (secondary N) is 3. The quantitative estimate of drug-likeness (QED) is 0.342. The van der Waals surface area contributed by atoms with Gasteiger partial charge < -0.3 is 35.1 Å². The number of ketones is 1. The van der Waals surface area contributed by atoms with Crippen molar-refractivity contribution in [3.8, 4) is 0 Å². The molecule has 216 valence electrons. The van der Waals surface area contributed by atoms with E-state index in [1.54, 1.807) is 11.8 Å². The van der Waals surface area contributed by atoms with Crippen LogP contribution in [0.5, 0.6) is 0 Å². The molecule has 2 aliphatic heterocycles. The first kappa shape index (κ1) is 30.3. The maximum absolute atomic E-state index is 13.7. The average Bonchev–Trinajstić information content (AvgIpc) is 3.36. The zero-order valence-electron chi connectivity index (χ0n) is 23.4. The van der Waals surface area contributed by atoms with Gasteiger partial charge in [-0.3, -0.25) is 14.4 Å². The molecule has 0 aromatic heterocycles. The van der Waals surface area contributed by atoms with Gasteiger partial charge in [-0.1, -0.05) is 52.9 Å². The highest BCUT2D eigenvalue weighted by atomic mass is 16.7. The standard InChI is InChI=1S/C27H46N4O7/c1-5-6-10-20(21(32)23(33)29-22(19(2)3)26(4)37-17-18-38-26)28-24(34)27(11-8-7-9-12-27)30-25(35)31-13-15-36-16-14-31/h19-20,22H,5-18H2,1-4H3,(H,28,34)(H,29,33)(H,30,35)/t20-,22-/m0/s1. The minimum absolute atomic E-state index is 0.0561. The third-order valence-corrected chi connectivity index (χ3v) is 7.86. The molecular weight excluding hydrogens is 492 g/mol. The van der Waals surface area contributed by atoms with Gasteiger partial charge in [0.15, 0.2) is 5.79 Å². The van der Waals surface area contributed by atoms with E-state index in [1.165, 1.54) is 0 Å². The number of amides is 4. The topological polar surface area (TPSA) is 135 Å². The number of urea groups is 1. The highest BCUT2D eigenvalue weighted by Crippen LogP contribution is 2.30. The van der Waals surface area contributed by atoms with E-state index in [0.717, 1.165) is 25.7 Å². The minimum atomic E-state index is -1.12. The molecule has 0 aromatic rings. The molecule has 0 unspecified atom stereocenters. The number of hydrogen-bond donors (Lipinski definition) is 3. The SMILES string of the molecule is CCCC[C@H](NC(=O)C1(NC(=O)N2CCOCC2)CCCCC1)C(=O)C(=O)N[C@@H](C(C)C)C1(C)OCCO1. The predicted octanol–water partition coefficient (Wildman–Crippen LogP) is 1.88. The maximum atomic E-state index is 13.7. The fraction of sp³-hybridized carbons (Fsp3) is 0.852. The summed E-state index contributed by atoms with van der Waals surface area (Å²) in [6.45, 7) is 10.3. The lowest BCUT2D eigenvalue weighted by Gasteiger charge is -2.39. The number of nitrogens with zero attached hydrogens (tertiary/aromatic N) is 1. The summed E-state index contributed by atoms with van der Waals surface area (Å²) in [6, 6.07) is -1.84. The van der Waals surface area contributed by atoms with Gasteiger partial charge in [-0.15, -0.1) is 0 Å². The number of ether oxygens (including phenoxy) is 3. The second-order valence-corrected chi connectivity index (χ2v) is 11.1. The zero-order chi connectivity index (χ0) is 27.8. The Morgan fingerprint density at radius 3 is 2.13 bits per heavy atom. The fourth-order valence-electron chi connectivity index (χ4n) is 5.57. The van der Waals surface area contributed by atoms with Crippen LogP contribution in [0.1, 0.15) is 79.1 Å². The van der Waals surface area contributed by atoms with Crippen LogP contribution in [-0.2, 0) is 28.6 Å².